The van der Waals surface area contributed by atoms with E-state index in [9.17, 15) is 4.79 Å². The molecule has 1 aromatic carbocycles. The quantitative estimate of drug-likeness (QED) is 0.641. The molecule has 1 aliphatic rings. The molecule has 0 aliphatic heterocycles. The van der Waals surface area contributed by atoms with E-state index in [2.05, 4.69) is 29.1 Å². The van der Waals surface area contributed by atoms with Gasteiger partial charge in [-0.3, -0.25) is 9.78 Å². The minimum absolute atomic E-state index is 0.0699. The number of pyridine rings is 1. The highest BCUT2D eigenvalue weighted by atomic mass is 16.5. The number of fused-ring (bicyclic) bond motifs is 1. The Morgan fingerprint density at radius 3 is 2.52 bits per heavy atom. The van der Waals surface area contributed by atoms with E-state index in [1.807, 2.05) is 30.3 Å². The molecule has 6 nitrogen and oxygen atoms in total. The van der Waals surface area contributed by atoms with Gasteiger partial charge in [0.15, 0.2) is 5.78 Å². The van der Waals surface area contributed by atoms with Crippen molar-refractivity contribution >= 4 is 17.2 Å². The molecule has 3 aromatic rings. The average Bonchev–Trinajstić information content (AvgIpc) is 3.06. The van der Waals surface area contributed by atoms with E-state index < -0.39 is 0 Å². The Balaban J connectivity index is 1.86. The summed E-state index contributed by atoms with van der Waals surface area (Å²) in [6, 6.07) is 9.44. The van der Waals surface area contributed by atoms with Crippen LogP contribution in [0.3, 0.4) is 0 Å². The normalized spacial score (nSPS) is 15.0. The Morgan fingerprint density at radius 2 is 1.83 bits per heavy atom. The molecule has 2 aromatic heterocycles. The number of hydrogen-bond donors (Lipinski definition) is 2. The van der Waals surface area contributed by atoms with Crippen LogP contribution in [-0.4, -0.2) is 30.0 Å². The van der Waals surface area contributed by atoms with Gasteiger partial charge in [-0.2, -0.15) is 0 Å². The summed E-state index contributed by atoms with van der Waals surface area (Å²) in [4.78, 5) is 20.7. The maximum absolute atomic E-state index is 13.1. The minimum atomic E-state index is -0.0699. The molecule has 0 saturated carbocycles. The number of aromatic nitrogens is 2. The Hall–Kier alpha value is -3.28. The molecule has 0 fully saturated rings. The zero-order chi connectivity index (χ0) is 20.6. The van der Waals surface area contributed by atoms with Crippen molar-refractivity contribution in [3.63, 3.8) is 0 Å². The minimum Gasteiger partial charge on any atom is -0.497 e. The fourth-order valence-corrected chi connectivity index (χ4v) is 3.95. The first-order valence-electron chi connectivity index (χ1n) is 9.59. The van der Waals surface area contributed by atoms with Crippen LogP contribution in [0, 0.1) is 5.41 Å². The van der Waals surface area contributed by atoms with Crippen molar-refractivity contribution in [1.29, 1.82) is 0 Å². The van der Waals surface area contributed by atoms with Crippen LogP contribution in [0.2, 0.25) is 0 Å². The molecule has 0 amide bonds. The zero-order valence-electron chi connectivity index (χ0n) is 17.1. The maximum Gasteiger partial charge on any atom is 0.167 e. The molecule has 150 valence electrons. The van der Waals surface area contributed by atoms with E-state index in [1.165, 1.54) is 0 Å². The van der Waals surface area contributed by atoms with Crippen molar-refractivity contribution in [3.05, 3.63) is 54.0 Å². The van der Waals surface area contributed by atoms with E-state index in [-0.39, 0.29) is 11.2 Å². The summed E-state index contributed by atoms with van der Waals surface area (Å²) < 4.78 is 10.8. The van der Waals surface area contributed by atoms with Gasteiger partial charge in [0, 0.05) is 36.1 Å². The van der Waals surface area contributed by atoms with Gasteiger partial charge in [-0.05, 0) is 36.1 Å². The van der Waals surface area contributed by atoms with Gasteiger partial charge >= 0.3 is 0 Å². The molecule has 6 heteroatoms. The lowest BCUT2D eigenvalue weighted by Crippen LogP contribution is -2.26. The standard InChI is InChI=1S/C23H25N3O3/c1-23(2)12-17-20(18(27)13-23)22(21(26-17)14-7-9-24-10-8-14)25-16-6-5-15(28-3)11-19(16)29-4/h5-11,25-26H,12-13H2,1-4H3. The second-order valence-electron chi connectivity index (χ2n) is 8.10. The lowest BCUT2D eigenvalue weighted by molar-refractivity contribution is 0.0912. The highest BCUT2D eigenvalue weighted by Gasteiger charge is 2.35. The summed E-state index contributed by atoms with van der Waals surface area (Å²) in [5, 5.41) is 3.45. The number of carbonyl (C=O) groups is 1. The van der Waals surface area contributed by atoms with E-state index in [0.29, 0.717) is 17.9 Å². The molecule has 2 N–H and O–H groups in total. The van der Waals surface area contributed by atoms with E-state index >= 15 is 0 Å². The first-order valence-corrected chi connectivity index (χ1v) is 9.59. The van der Waals surface area contributed by atoms with Gasteiger partial charge < -0.3 is 19.8 Å². The Morgan fingerprint density at radius 1 is 1.07 bits per heavy atom. The second-order valence-corrected chi connectivity index (χ2v) is 8.10. The van der Waals surface area contributed by atoms with Crippen LogP contribution in [0.25, 0.3) is 11.3 Å². The molecular formula is C23H25N3O3. The summed E-state index contributed by atoms with van der Waals surface area (Å²) in [6.45, 7) is 4.25. The fourth-order valence-electron chi connectivity index (χ4n) is 3.95. The lowest BCUT2D eigenvalue weighted by Gasteiger charge is -2.28. The third-order valence-corrected chi connectivity index (χ3v) is 5.29. The third kappa shape index (κ3) is 3.58. The average molecular weight is 391 g/mol. The summed E-state index contributed by atoms with van der Waals surface area (Å²) in [6.07, 6.45) is 4.83. The number of ether oxygens (including phenoxy) is 2. The highest BCUT2D eigenvalue weighted by Crippen LogP contribution is 2.44. The number of ketones is 1. The number of hydrogen-bond acceptors (Lipinski definition) is 5. The fraction of sp³-hybridized carbons (Fsp3) is 0.304. The molecule has 0 radical (unpaired) electrons. The molecule has 0 saturated heterocycles. The largest absolute Gasteiger partial charge is 0.497 e. The molecule has 29 heavy (non-hydrogen) atoms. The number of aromatic amines is 1. The number of nitrogens with one attached hydrogen (secondary N) is 2. The molecule has 4 rings (SSSR count). The lowest BCUT2D eigenvalue weighted by atomic mass is 9.76. The topological polar surface area (TPSA) is 76.2 Å². The molecule has 0 bridgehead atoms. The SMILES string of the molecule is COc1ccc(Nc2c(-c3ccncc3)[nH]c3c2C(=O)CC(C)(C)C3)c(OC)c1. The predicted molar refractivity (Wildman–Crippen MR) is 113 cm³/mol. The van der Waals surface area contributed by atoms with Crippen molar-refractivity contribution in [2.75, 3.05) is 19.5 Å². The zero-order valence-corrected chi connectivity index (χ0v) is 17.1. The number of carbonyl (C=O) groups excluding carboxylic acids is 1. The van der Waals surface area contributed by atoms with Crippen molar-refractivity contribution in [3.8, 4) is 22.8 Å². The van der Waals surface area contributed by atoms with Crippen molar-refractivity contribution in [2.24, 2.45) is 5.41 Å². The molecule has 0 atom stereocenters. The van der Waals surface area contributed by atoms with Gasteiger partial charge in [0.05, 0.1) is 36.9 Å². The van der Waals surface area contributed by atoms with Crippen LogP contribution in [-0.2, 0) is 6.42 Å². The van der Waals surface area contributed by atoms with Crippen LogP contribution in [0.4, 0.5) is 11.4 Å². The molecular weight excluding hydrogens is 366 g/mol. The van der Waals surface area contributed by atoms with Gasteiger partial charge in [-0.25, -0.2) is 0 Å². The smallest absolute Gasteiger partial charge is 0.167 e. The van der Waals surface area contributed by atoms with Gasteiger partial charge in [0.2, 0.25) is 0 Å². The highest BCUT2D eigenvalue weighted by molar-refractivity contribution is 6.07. The Kier molecular flexibility index (Phi) is 4.78. The van der Waals surface area contributed by atoms with Crippen molar-refractivity contribution in [1.82, 2.24) is 9.97 Å². The van der Waals surface area contributed by atoms with Crippen LogP contribution in [0.15, 0.2) is 42.7 Å². The van der Waals surface area contributed by atoms with Crippen molar-refractivity contribution in [2.45, 2.75) is 26.7 Å². The Labute approximate surface area is 170 Å². The number of methoxy groups -OCH3 is 2. The number of nitrogens with zero attached hydrogens (tertiary/aromatic N) is 1. The number of H-pyrrole nitrogens is 1. The van der Waals surface area contributed by atoms with Crippen LogP contribution in [0.1, 0.15) is 36.3 Å². The summed E-state index contributed by atoms with van der Waals surface area (Å²) in [5.41, 5.74) is 5.01. The summed E-state index contributed by atoms with van der Waals surface area (Å²) >= 11 is 0. The van der Waals surface area contributed by atoms with Gasteiger partial charge in [0.25, 0.3) is 0 Å². The summed E-state index contributed by atoms with van der Waals surface area (Å²) in [7, 11) is 3.23. The first-order chi connectivity index (χ1) is 13.9. The number of Topliss-reactive ketones (excluding diaryl/α,β-unsaturated/α-hetero) is 1. The van der Waals surface area contributed by atoms with Crippen LogP contribution < -0.4 is 14.8 Å². The van der Waals surface area contributed by atoms with Crippen LogP contribution in [0.5, 0.6) is 11.5 Å². The molecule has 2 heterocycles. The number of benzene rings is 1. The maximum atomic E-state index is 13.1. The number of rotatable bonds is 5. The Bertz CT molecular complexity index is 1050. The number of anilines is 2. The first kappa shape index (κ1) is 19.1. The molecule has 1 aliphatic carbocycles. The predicted octanol–water partition coefficient (Wildman–Crippen LogP) is 4.99. The van der Waals surface area contributed by atoms with Crippen LogP contribution >= 0.6 is 0 Å². The van der Waals surface area contributed by atoms with Gasteiger partial charge in [-0.1, -0.05) is 13.8 Å². The van der Waals surface area contributed by atoms with Gasteiger partial charge in [0.1, 0.15) is 11.5 Å². The van der Waals surface area contributed by atoms with E-state index in [4.69, 9.17) is 9.47 Å². The second kappa shape index (κ2) is 7.28. The van der Waals surface area contributed by atoms with E-state index in [1.54, 1.807) is 26.6 Å². The molecule has 0 unspecified atom stereocenters. The van der Waals surface area contributed by atoms with Crippen molar-refractivity contribution < 1.29 is 14.3 Å². The van der Waals surface area contributed by atoms with E-state index in [0.717, 1.165) is 40.3 Å². The molecule has 0 spiro atoms. The third-order valence-electron chi connectivity index (χ3n) is 5.29. The van der Waals surface area contributed by atoms with Gasteiger partial charge in [-0.15, -0.1) is 0 Å². The monoisotopic (exact) mass is 391 g/mol. The summed E-state index contributed by atoms with van der Waals surface area (Å²) in [5.74, 6) is 1.49.